The smallest absolute Gasteiger partial charge is 0.166 e. The van der Waals surface area contributed by atoms with Gasteiger partial charge in [0, 0.05) is 30.3 Å². The SMILES string of the molecule is CCN=C1C(=CN)Cc2c(F)cnn2-c2ccc(F)cc2C(C)Oc2cc1cnc2N. The van der Waals surface area contributed by atoms with Gasteiger partial charge >= 0.3 is 0 Å². The molecule has 4 rings (SSSR count). The minimum absolute atomic E-state index is 0.118. The van der Waals surface area contributed by atoms with E-state index in [0.29, 0.717) is 40.4 Å². The van der Waals surface area contributed by atoms with Crippen LogP contribution in [0, 0.1) is 11.6 Å². The Morgan fingerprint density at radius 1 is 1.29 bits per heavy atom. The molecule has 1 atom stereocenters. The predicted octanol–water partition coefficient (Wildman–Crippen LogP) is 3.48. The summed E-state index contributed by atoms with van der Waals surface area (Å²) in [6, 6.07) is 5.88. The second-order valence-electron chi connectivity index (χ2n) is 7.11. The highest BCUT2D eigenvalue weighted by molar-refractivity contribution is 6.13. The molecule has 0 aliphatic carbocycles. The summed E-state index contributed by atoms with van der Waals surface area (Å²) in [4.78, 5) is 8.79. The van der Waals surface area contributed by atoms with E-state index in [1.165, 1.54) is 29.1 Å². The number of nitrogen functional groups attached to an aromatic ring is 1. The van der Waals surface area contributed by atoms with Crippen LogP contribution in [-0.2, 0) is 6.42 Å². The van der Waals surface area contributed by atoms with E-state index in [-0.39, 0.29) is 17.9 Å². The number of pyridine rings is 1. The van der Waals surface area contributed by atoms with Gasteiger partial charge in [0.05, 0.1) is 23.3 Å². The third-order valence-electron chi connectivity index (χ3n) is 5.11. The van der Waals surface area contributed by atoms with Crippen molar-refractivity contribution >= 4 is 11.5 Å². The van der Waals surface area contributed by atoms with Crippen LogP contribution >= 0.6 is 0 Å². The molecule has 1 aliphatic heterocycles. The molecule has 1 aliphatic rings. The van der Waals surface area contributed by atoms with E-state index in [2.05, 4.69) is 15.1 Å². The first-order chi connectivity index (χ1) is 14.9. The quantitative estimate of drug-likeness (QED) is 0.622. The zero-order chi connectivity index (χ0) is 22.1. The number of anilines is 1. The Hall–Kier alpha value is -3.75. The maximum absolute atomic E-state index is 14.8. The largest absolute Gasteiger partial charge is 0.482 e. The second-order valence-corrected chi connectivity index (χ2v) is 7.11. The molecular weight excluding hydrogens is 402 g/mol. The molecule has 1 unspecified atom stereocenters. The van der Waals surface area contributed by atoms with Crippen molar-refractivity contribution in [1.82, 2.24) is 14.8 Å². The van der Waals surface area contributed by atoms with Crippen LogP contribution < -0.4 is 16.2 Å². The zero-order valence-electron chi connectivity index (χ0n) is 17.1. The van der Waals surface area contributed by atoms with Crippen LogP contribution in [0.4, 0.5) is 14.6 Å². The summed E-state index contributed by atoms with van der Waals surface area (Å²) in [6.07, 6.45) is 3.57. The number of ether oxygens (including phenoxy) is 1. The van der Waals surface area contributed by atoms with Crippen LogP contribution in [0.25, 0.3) is 5.69 Å². The Labute approximate surface area is 178 Å². The summed E-state index contributed by atoms with van der Waals surface area (Å²) < 4.78 is 36.4. The maximum atomic E-state index is 14.8. The number of nitrogens with two attached hydrogens (primary N) is 2. The van der Waals surface area contributed by atoms with Gasteiger partial charge < -0.3 is 16.2 Å². The van der Waals surface area contributed by atoms with Gasteiger partial charge in [0.25, 0.3) is 0 Å². The van der Waals surface area contributed by atoms with E-state index in [1.807, 2.05) is 6.92 Å². The molecule has 31 heavy (non-hydrogen) atoms. The van der Waals surface area contributed by atoms with Gasteiger partial charge in [-0.15, -0.1) is 0 Å². The van der Waals surface area contributed by atoms with Crippen molar-refractivity contribution in [2.75, 3.05) is 12.3 Å². The maximum Gasteiger partial charge on any atom is 0.166 e. The average molecular weight is 424 g/mol. The number of rotatable bonds is 1. The molecule has 1 aromatic carbocycles. The topological polar surface area (TPSA) is 104 Å². The molecule has 9 heteroatoms. The number of hydrogen-bond acceptors (Lipinski definition) is 6. The molecule has 0 fully saturated rings. The first kappa shape index (κ1) is 20.5. The highest BCUT2D eigenvalue weighted by Gasteiger charge is 2.24. The van der Waals surface area contributed by atoms with Gasteiger partial charge in [-0.25, -0.2) is 18.4 Å². The van der Waals surface area contributed by atoms with E-state index in [4.69, 9.17) is 16.2 Å². The fourth-order valence-corrected chi connectivity index (χ4v) is 3.64. The minimum atomic E-state index is -0.624. The van der Waals surface area contributed by atoms with Crippen LogP contribution in [0.1, 0.15) is 36.8 Å². The summed E-state index contributed by atoms with van der Waals surface area (Å²) in [5.74, 6) is -0.444. The molecule has 7 nitrogen and oxygen atoms in total. The van der Waals surface area contributed by atoms with E-state index >= 15 is 0 Å². The van der Waals surface area contributed by atoms with Crippen molar-refractivity contribution in [3.63, 3.8) is 0 Å². The van der Waals surface area contributed by atoms with E-state index in [1.54, 1.807) is 19.2 Å². The average Bonchev–Trinajstić information content (AvgIpc) is 3.11. The highest BCUT2D eigenvalue weighted by atomic mass is 19.1. The molecule has 2 bridgehead atoms. The lowest BCUT2D eigenvalue weighted by Gasteiger charge is -2.22. The van der Waals surface area contributed by atoms with E-state index in [9.17, 15) is 8.78 Å². The van der Waals surface area contributed by atoms with Crippen molar-refractivity contribution in [3.05, 3.63) is 76.9 Å². The number of allylic oxidation sites excluding steroid dienone is 1. The van der Waals surface area contributed by atoms with Crippen molar-refractivity contribution < 1.29 is 13.5 Å². The number of fused-ring (bicyclic) bond motifs is 5. The van der Waals surface area contributed by atoms with Gasteiger partial charge in [0.2, 0.25) is 0 Å². The Balaban J connectivity index is 2.01. The van der Waals surface area contributed by atoms with Gasteiger partial charge in [-0.1, -0.05) is 0 Å². The summed E-state index contributed by atoms with van der Waals surface area (Å²) in [5, 5.41) is 4.19. The molecule has 0 saturated carbocycles. The third kappa shape index (κ3) is 3.74. The van der Waals surface area contributed by atoms with Crippen LogP contribution in [0.3, 0.4) is 0 Å². The van der Waals surface area contributed by atoms with E-state index < -0.39 is 17.7 Å². The molecular formula is C22H22F2N6O. The van der Waals surface area contributed by atoms with Gasteiger partial charge in [-0.3, -0.25) is 4.99 Å². The summed E-state index contributed by atoms with van der Waals surface area (Å²) in [5.41, 5.74) is 15.0. The zero-order valence-corrected chi connectivity index (χ0v) is 17.1. The van der Waals surface area contributed by atoms with Crippen molar-refractivity contribution in [2.45, 2.75) is 26.4 Å². The third-order valence-corrected chi connectivity index (χ3v) is 5.11. The lowest BCUT2D eigenvalue weighted by atomic mass is 9.99. The van der Waals surface area contributed by atoms with Crippen LogP contribution in [-0.4, -0.2) is 27.0 Å². The second kappa shape index (κ2) is 8.17. The summed E-state index contributed by atoms with van der Waals surface area (Å²) in [7, 11) is 0. The molecule has 2 aromatic heterocycles. The van der Waals surface area contributed by atoms with Crippen LogP contribution in [0.2, 0.25) is 0 Å². The van der Waals surface area contributed by atoms with Crippen LogP contribution in [0.5, 0.6) is 5.75 Å². The molecule has 0 radical (unpaired) electrons. The number of hydrogen-bond donors (Lipinski definition) is 2. The standard InChI is InChI=1S/C22H22F2N6O/c1-3-27-21-13(9-25)6-19-17(24)11-29-30(19)18-5-4-15(23)8-16(18)12(2)31-20-7-14(21)10-28-22(20)26/h4-5,7-12H,3,6,25H2,1-2H3,(H2,26,28). The Morgan fingerprint density at radius 2 is 2.10 bits per heavy atom. The lowest BCUT2D eigenvalue weighted by Crippen LogP contribution is -2.18. The van der Waals surface area contributed by atoms with Gasteiger partial charge in [-0.05, 0) is 49.9 Å². The van der Waals surface area contributed by atoms with E-state index in [0.717, 1.165) is 6.20 Å². The molecule has 0 saturated heterocycles. The summed E-state index contributed by atoms with van der Waals surface area (Å²) in [6.45, 7) is 4.12. The predicted molar refractivity (Wildman–Crippen MR) is 114 cm³/mol. The number of aliphatic imine (C=N–C) groups is 1. The molecule has 3 heterocycles. The number of benzene rings is 1. The van der Waals surface area contributed by atoms with Crippen molar-refractivity contribution in [3.8, 4) is 11.4 Å². The molecule has 160 valence electrons. The highest BCUT2D eigenvalue weighted by Crippen LogP contribution is 2.33. The van der Waals surface area contributed by atoms with Gasteiger partial charge in [0.15, 0.2) is 17.4 Å². The van der Waals surface area contributed by atoms with Crippen molar-refractivity contribution in [1.29, 1.82) is 0 Å². The first-order valence-electron chi connectivity index (χ1n) is 9.83. The normalized spacial score (nSPS) is 18.6. The summed E-state index contributed by atoms with van der Waals surface area (Å²) >= 11 is 0. The number of aromatic nitrogens is 3. The fourth-order valence-electron chi connectivity index (χ4n) is 3.64. The molecule has 4 N–H and O–H groups in total. The van der Waals surface area contributed by atoms with Gasteiger partial charge in [-0.2, -0.15) is 5.10 Å². The minimum Gasteiger partial charge on any atom is -0.482 e. The Bertz CT molecular complexity index is 1200. The fraction of sp³-hybridized carbons (Fsp3) is 0.227. The monoisotopic (exact) mass is 424 g/mol. The van der Waals surface area contributed by atoms with Gasteiger partial charge in [0.1, 0.15) is 11.9 Å². The van der Waals surface area contributed by atoms with Crippen LogP contribution in [0.15, 0.2) is 53.4 Å². The Morgan fingerprint density at radius 3 is 2.84 bits per heavy atom. The number of nitrogens with zero attached hydrogens (tertiary/aromatic N) is 4. The molecule has 3 aromatic rings. The number of halogens is 2. The lowest BCUT2D eigenvalue weighted by molar-refractivity contribution is 0.226. The Kier molecular flexibility index (Phi) is 5.41. The molecule has 0 spiro atoms. The molecule has 0 amide bonds. The van der Waals surface area contributed by atoms with Crippen molar-refractivity contribution in [2.24, 2.45) is 10.7 Å². The first-order valence-corrected chi connectivity index (χ1v) is 9.83.